The monoisotopic (exact) mass is 286 g/mol. The standard InChI is InChI=1S/C15H21F3N2/c1-11(19-10-14-4-3-9-20(14)2)12-5-7-13(8-6-12)15(16,17)18/h5-8,11,14,19H,3-4,9-10H2,1-2H3. The zero-order chi connectivity index (χ0) is 14.8. The van der Waals surface area contributed by atoms with E-state index in [1.165, 1.54) is 12.8 Å². The van der Waals surface area contributed by atoms with Gasteiger partial charge in [0.2, 0.25) is 0 Å². The van der Waals surface area contributed by atoms with Crippen molar-refractivity contribution in [2.24, 2.45) is 0 Å². The average Bonchev–Trinajstić information content (AvgIpc) is 2.81. The fourth-order valence-corrected chi connectivity index (χ4v) is 2.63. The third kappa shape index (κ3) is 3.73. The second-order valence-electron chi connectivity index (χ2n) is 5.53. The van der Waals surface area contributed by atoms with Gasteiger partial charge in [-0.2, -0.15) is 13.2 Å². The molecule has 1 saturated heterocycles. The first-order valence-electron chi connectivity index (χ1n) is 6.98. The molecule has 0 bridgehead atoms. The van der Waals surface area contributed by atoms with Crippen LogP contribution in [0, 0.1) is 0 Å². The normalized spacial score (nSPS) is 22.1. The fourth-order valence-electron chi connectivity index (χ4n) is 2.63. The van der Waals surface area contributed by atoms with Crippen LogP contribution in [-0.2, 0) is 6.18 Å². The number of hydrogen-bond acceptors (Lipinski definition) is 2. The van der Waals surface area contributed by atoms with Crippen molar-refractivity contribution in [3.63, 3.8) is 0 Å². The molecule has 2 nitrogen and oxygen atoms in total. The molecule has 1 fully saturated rings. The highest BCUT2D eigenvalue weighted by Crippen LogP contribution is 2.29. The van der Waals surface area contributed by atoms with Crippen LogP contribution in [0.1, 0.15) is 36.9 Å². The third-order valence-electron chi connectivity index (χ3n) is 4.07. The molecular formula is C15H21F3N2. The molecule has 5 heteroatoms. The molecule has 0 aliphatic carbocycles. The van der Waals surface area contributed by atoms with Crippen LogP contribution in [0.3, 0.4) is 0 Å². The Bertz CT molecular complexity index is 428. The molecule has 2 atom stereocenters. The molecule has 1 aliphatic rings. The number of benzene rings is 1. The molecule has 0 radical (unpaired) electrons. The van der Waals surface area contributed by atoms with Gasteiger partial charge >= 0.3 is 6.18 Å². The van der Waals surface area contributed by atoms with Crippen molar-refractivity contribution in [2.45, 2.75) is 38.0 Å². The number of nitrogens with zero attached hydrogens (tertiary/aromatic N) is 1. The topological polar surface area (TPSA) is 15.3 Å². The Morgan fingerprint density at radius 2 is 1.95 bits per heavy atom. The van der Waals surface area contributed by atoms with Crippen LogP contribution in [0.2, 0.25) is 0 Å². The van der Waals surface area contributed by atoms with E-state index in [0.717, 1.165) is 30.8 Å². The SMILES string of the molecule is CC(NCC1CCCN1C)c1ccc(C(F)(F)F)cc1. The van der Waals surface area contributed by atoms with E-state index in [9.17, 15) is 13.2 Å². The maximum absolute atomic E-state index is 12.5. The van der Waals surface area contributed by atoms with Gasteiger partial charge < -0.3 is 10.2 Å². The minimum absolute atomic E-state index is 0.0614. The molecule has 1 N–H and O–H groups in total. The highest BCUT2D eigenvalue weighted by molar-refractivity contribution is 5.26. The van der Waals surface area contributed by atoms with Crippen molar-refractivity contribution < 1.29 is 13.2 Å². The summed E-state index contributed by atoms with van der Waals surface area (Å²) in [6.45, 7) is 3.98. The van der Waals surface area contributed by atoms with Crippen molar-refractivity contribution in [2.75, 3.05) is 20.1 Å². The predicted octanol–water partition coefficient (Wildman–Crippen LogP) is 3.45. The van der Waals surface area contributed by atoms with E-state index in [0.29, 0.717) is 6.04 Å². The summed E-state index contributed by atoms with van der Waals surface area (Å²) in [5.74, 6) is 0. The lowest BCUT2D eigenvalue weighted by molar-refractivity contribution is -0.137. The predicted molar refractivity (Wildman–Crippen MR) is 73.5 cm³/mol. The summed E-state index contributed by atoms with van der Waals surface area (Å²) < 4.78 is 37.5. The van der Waals surface area contributed by atoms with E-state index >= 15 is 0 Å². The summed E-state index contributed by atoms with van der Waals surface area (Å²) >= 11 is 0. The van der Waals surface area contributed by atoms with Crippen molar-refractivity contribution in [1.29, 1.82) is 0 Å². The van der Waals surface area contributed by atoms with Crippen LogP contribution in [0.5, 0.6) is 0 Å². The van der Waals surface area contributed by atoms with Crippen molar-refractivity contribution >= 4 is 0 Å². The summed E-state index contributed by atoms with van der Waals surface area (Å²) in [5, 5.41) is 3.41. The largest absolute Gasteiger partial charge is 0.416 e. The number of rotatable bonds is 4. The fraction of sp³-hybridized carbons (Fsp3) is 0.600. The summed E-state index contributed by atoms with van der Waals surface area (Å²) in [4.78, 5) is 2.33. The van der Waals surface area contributed by atoms with E-state index in [1.54, 1.807) is 12.1 Å². The number of likely N-dealkylation sites (tertiary alicyclic amines) is 1. The summed E-state index contributed by atoms with van der Waals surface area (Å²) in [7, 11) is 2.11. The molecule has 1 aliphatic heterocycles. The number of hydrogen-bond donors (Lipinski definition) is 1. The van der Waals surface area contributed by atoms with E-state index in [4.69, 9.17) is 0 Å². The van der Waals surface area contributed by atoms with Crippen LogP contribution in [0.25, 0.3) is 0 Å². The van der Waals surface area contributed by atoms with E-state index < -0.39 is 11.7 Å². The minimum Gasteiger partial charge on any atom is -0.309 e. The Balaban J connectivity index is 1.90. The van der Waals surface area contributed by atoms with Gasteiger partial charge in [-0.25, -0.2) is 0 Å². The highest BCUT2D eigenvalue weighted by atomic mass is 19.4. The van der Waals surface area contributed by atoms with Gasteiger partial charge in [0.15, 0.2) is 0 Å². The van der Waals surface area contributed by atoms with Crippen LogP contribution in [-0.4, -0.2) is 31.1 Å². The first-order chi connectivity index (χ1) is 9.38. The molecule has 0 saturated carbocycles. The molecule has 0 aromatic heterocycles. The van der Waals surface area contributed by atoms with Gasteiger partial charge in [0.05, 0.1) is 5.56 Å². The van der Waals surface area contributed by atoms with Crippen molar-refractivity contribution in [3.8, 4) is 0 Å². The number of halogens is 3. The van der Waals surface area contributed by atoms with Gasteiger partial charge in [-0.15, -0.1) is 0 Å². The molecule has 1 aromatic rings. The average molecular weight is 286 g/mol. The summed E-state index contributed by atoms with van der Waals surface area (Å²) in [6.07, 6.45) is -1.86. The molecule has 2 unspecified atom stereocenters. The molecule has 1 aromatic carbocycles. The Morgan fingerprint density at radius 1 is 1.30 bits per heavy atom. The van der Waals surface area contributed by atoms with Gasteiger partial charge in [0.25, 0.3) is 0 Å². The van der Waals surface area contributed by atoms with Gasteiger partial charge in [-0.05, 0) is 51.1 Å². The minimum atomic E-state index is -4.26. The van der Waals surface area contributed by atoms with Crippen LogP contribution >= 0.6 is 0 Å². The molecule has 0 spiro atoms. The molecule has 2 rings (SSSR count). The molecule has 112 valence electrons. The first-order valence-corrected chi connectivity index (χ1v) is 6.98. The number of alkyl halides is 3. The second kappa shape index (κ2) is 6.14. The van der Waals surface area contributed by atoms with E-state index in [-0.39, 0.29) is 6.04 Å². The lowest BCUT2D eigenvalue weighted by Crippen LogP contribution is -2.36. The summed E-state index contributed by atoms with van der Waals surface area (Å²) in [5.41, 5.74) is 0.294. The maximum atomic E-state index is 12.5. The first kappa shape index (κ1) is 15.3. The van der Waals surface area contributed by atoms with Crippen molar-refractivity contribution in [1.82, 2.24) is 10.2 Å². The van der Waals surface area contributed by atoms with E-state index in [1.807, 2.05) is 6.92 Å². The van der Waals surface area contributed by atoms with Gasteiger partial charge in [-0.3, -0.25) is 0 Å². The smallest absolute Gasteiger partial charge is 0.309 e. The Labute approximate surface area is 118 Å². The molecule has 0 amide bonds. The number of nitrogens with one attached hydrogen (secondary N) is 1. The maximum Gasteiger partial charge on any atom is 0.416 e. The quantitative estimate of drug-likeness (QED) is 0.912. The lowest BCUT2D eigenvalue weighted by atomic mass is 10.1. The Kier molecular flexibility index (Phi) is 4.70. The van der Waals surface area contributed by atoms with Crippen LogP contribution in [0.15, 0.2) is 24.3 Å². The van der Waals surface area contributed by atoms with E-state index in [2.05, 4.69) is 17.3 Å². The Morgan fingerprint density at radius 3 is 2.45 bits per heavy atom. The van der Waals surface area contributed by atoms with Crippen molar-refractivity contribution in [3.05, 3.63) is 35.4 Å². The molecule has 20 heavy (non-hydrogen) atoms. The van der Waals surface area contributed by atoms with Crippen LogP contribution in [0.4, 0.5) is 13.2 Å². The zero-order valence-electron chi connectivity index (χ0n) is 11.9. The van der Waals surface area contributed by atoms with Gasteiger partial charge in [0.1, 0.15) is 0 Å². The third-order valence-corrected chi connectivity index (χ3v) is 4.07. The highest BCUT2D eigenvalue weighted by Gasteiger charge is 2.30. The van der Waals surface area contributed by atoms with Gasteiger partial charge in [-0.1, -0.05) is 12.1 Å². The second-order valence-corrected chi connectivity index (χ2v) is 5.53. The molecule has 1 heterocycles. The summed E-state index contributed by atoms with van der Waals surface area (Å²) in [6, 6.07) is 6.00. The van der Waals surface area contributed by atoms with Gasteiger partial charge in [0, 0.05) is 18.6 Å². The van der Waals surface area contributed by atoms with Crippen LogP contribution < -0.4 is 5.32 Å². The zero-order valence-corrected chi connectivity index (χ0v) is 11.9. The number of likely N-dealkylation sites (N-methyl/N-ethyl adjacent to an activating group) is 1. The Hall–Kier alpha value is -1.07. The molecular weight excluding hydrogens is 265 g/mol. The lowest BCUT2D eigenvalue weighted by Gasteiger charge is -2.23.